The van der Waals surface area contributed by atoms with Gasteiger partial charge in [0.25, 0.3) is 5.69 Å². The number of nitrogens with zero attached hydrogens (tertiary/aromatic N) is 2. The second-order valence-electron chi connectivity index (χ2n) is 5.44. The van der Waals surface area contributed by atoms with Crippen LogP contribution in [0.1, 0.15) is 31.2 Å². The number of non-ortho nitro benzene ring substituents is 1. The fourth-order valence-corrected chi connectivity index (χ4v) is 3.30. The largest absolute Gasteiger partial charge is 0.309 e. The van der Waals surface area contributed by atoms with E-state index in [2.05, 4.69) is 0 Å². The quantitative estimate of drug-likeness (QED) is 0.606. The first-order valence-electron chi connectivity index (χ1n) is 6.66. The smallest absolute Gasteiger partial charge is 0.269 e. The lowest BCUT2D eigenvalue weighted by atomic mass is 9.79. The third-order valence-electron chi connectivity index (χ3n) is 4.30. The van der Waals surface area contributed by atoms with E-state index >= 15 is 0 Å². The van der Waals surface area contributed by atoms with E-state index in [1.807, 2.05) is 11.8 Å². The molecule has 1 aromatic rings. The maximum Gasteiger partial charge on any atom is 0.269 e. The maximum atomic E-state index is 12.4. The molecule has 2 saturated heterocycles. The molecule has 0 spiro atoms. The van der Waals surface area contributed by atoms with Crippen LogP contribution in [0.15, 0.2) is 18.2 Å². The number of piperidine rings is 2. The summed E-state index contributed by atoms with van der Waals surface area (Å²) in [4.78, 5) is 24.6. The van der Waals surface area contributed by atoms with Gasteiger partial charge in [-0.1, -0.05) is 0 Å². The number of hydrogen-bond acceptors (Lipinski definition) is 3. The van der Waals surface area contributed by atoms with Crippen molar-refractivity contribution in [3.8, 4) is 0 Å². The summed E-state index contributed by atoms with van der Waals surface area (Å²) in [5.41, 5.74) is 1.72. The lowest BCUT2D eigenvalue weighted by molar-refractivity contribution is -0.384. The number of amides is 1. The van der Waals surface area contributed by atoms with Crippen LogP contribution in [0.2, 0.25) is 0 Å². The minimum Gasteiger partial charge on any atom is -0.309 e. The molecule has 4 rings (SSSR count). The predicted molar refractivity (Wildman–Crippen MR) is 71.1 cm³/mol. The summed E-state index contributed by atoms with van der Waals surface area (Å²) in [5, 5.41) is 10.8. The zero-order valence-corrected chi connectivity index (χ0v) is 10.8. The SMILES string of the molecule is Cc1cc([N+](=O)[O-])ccc1N1C(=O)C2CCC1CC2. The Balaban J connectivity index is 1.98. The van der Waals surface area contributed by atoms with Crippen molar-refractivity contribution in [2.75, 3.05) is 4.90 Å². The number of nitro groups is 1. The molecule has 2 heterocycles. The Morgan fingerprint density at radius 1 is 1.26 bits per heavy atom. The average Bonchev–Trinajstić information content (AvgIpc) is 2.40. The van der Waals surface area contributed by atoms with Crippen molar-refractivity contribution in [1.29, 1.82) is 0 Å². The molecule has 5 heteroatoms. The van der Waals surface area contributed by atoms with Crippen molar-refractivity contribution in [1.82, 2.24) is 0 Å². The Morgan fingerprint density at radius 2 is 1.95 bits per heavy atom. The van der Waals surface area contributed by atoms with Crippen molar-refractivity contribution < 1.29 is 9.72 Å². The minimum atomic E-state index is -0.402. The topological polar surface area (TPSA) is 63.5 Å². The molecule has 100 valence electrons. The van der Waals surface area contributed by atoms with Crippen molar-refractivity contribution in [2.24, 2.45) is 5.92 Å². The van der Waals surface area contributed by atoms with E-state index < -0.39 is 4.92 Å². The highest BCUT2D eigenvalue weighted by molar-refractivity contribution is 5.98. The van der Waals surface area contributed by atoms with E-state index in [-0.39, 0.29) is 23.6 Å². The van der Waals surface area contributed by atoms with E-state index in [0.29, 0.717) is 0 Å². The zero-order valence-electron chi connectivity index (χ0n) is 10.8. The van der Waals surface area contributed by atoms with Gasteiger partial charge < -0.3 is 4.90 Å². The number of nitro benzene ring substituents is 1. The van der Waals surface area contributed by atoms with Crippen molar-refractivity contribution in [2.45, 2.75) is 38.6 Å². The van der Waals surface area contributed by atoms with E-state index in [0.717, 1.165) is 36.9 Å². The van der Waals surface area contributed by atoms with Crippen LogP contribution < -0.4 is 4.90 Å². The van der Waals surface area contributed by atoms with Gasteiger partial charge in [-0.15, -0.1) is 0 Å². The van der Waals surface area contributed by atoms with Crippen LogP contribution in [0.3, 0.4) is 0 Å². The average molecular weight is 260 g/mol. The van der Waals surface area contributed by atoms with E-state index in [1.54, 1.807) is 12.1 Å². The van der Waals surface area contributed by atoms with Crippen LogP contribution in [-0.4, -0.2) is 16.9 Å². The van der Waals surface area contributed by atoms with Gasteiger partial charge in [-0.25, -0.2) is 0 Å². The van der Waals surface area contributed by atoms with Gasteiger partial charge in [0.05, 0.1) is 4.92 Å². The van der Waals surface area contributed by atoms with Crippen LogP contribution in [0.4, 0.5) is 11.4 Å². The highest BCUT2D eigenvalue weighted by atomic mass is 16.6. The molecule has 5 nitrogen and oxygen atoms in total. The predicted octanol–water partition coefficient (Wildman–Crippen LogP) is 2.81. The third-order valence-corrected chi connectivity index (χ3v) is 4.30. The number of carbonyl (C=O) groups is 1. The van der Waals surface area contributed by atoms with Gasteiger partial charge in [0.2, 0.25) is 5.91 Å². The summed E-state index contributed by atoms with van der Waals surface area (Å²) >= 11 is 0. The highest BCUT2D eigenvalue weighted by Gasteiger charge is 2.41. The van der Waals surface area contributed by atoms with Crippen LogP contribution in [0.5, 0.6) is 0 Å². The molecular weight excluding hydrogens is 244 g/mol. The molecule has 2 bridgehead atoms. The lowest BCUT2D eigenvalue weighted by Gasteiger charge is -2.45. The number of fused-ring (bicyclic) bond motifs is 3. The molecule has 0 atom stereocenters. The summed E-state index contributed by atoms with van der Waals surface area (Å²) in [6.45, 7) is 1.83. The lowest BCUT2D eigenvalue weighted by Crippen LogP contribution is -2.52. The number of aryl methyl sites for hydroxylation is 1. The van der Waals surface area contributed by atoms with Gasteiger partial charge in [0, 0.05) is 29.8 Å². The minimum absolute atomic E-state index is 0.0795. The Morgan fingerprint density at radius 3 is 2.47 bits per heavy atom. The van der Waals surface area contributed by atoms with Gasteiger partial charge in [-0.3, -0.25) is 14.9 Å². The highest BCUT2D eigenvalue weighted by Crippen LogP contribution is 2.40. The summed E-state index contributed by atoms with van der Waals surface area (Å²) in [6.07, 6.45) is 4.08. The Labute approximate surface area is 111 Å². The van der Waals surface area contributed by atoms with Crippen LogP contribution in [0, 0.1) is 23.0 Å². The molecule has 1 saturated carbocycles. The molecule has 0 aromatic heterocycles. The first-order valence-corrected chi connectivity index (χ1v) is 6.66. The number of hydrogen-bond donors (Lipinski definition) is 0. The Bertz CT molecular complexity index is 548. The second-order valence-corrected chi connectivity index (χ2v) is 5.44. The first kappa shape index (κ1) is 12.1. The molecule has 1 aliphatic carbocycles. The van der Waals surface area contributed by atoms with Gasteiger partial charge in [0.1, 0.15) is 0 Å². The summed E-state index contributed by atoms with van der Waals surface area (Å²) < 4.78 is 0. The molecule has 1 amide bonds. The second kappa shape index (κ2) is 4.33. The number of anilines is 1. The monoisotopic (exact) mass is 260 g/mol. The van der Waals surface area contributed by atoms with Crippen LogP contribution >= 0.6 is 0 Å². The Kier molecular flexibility index (Phi) is 2.77. The fraction of sp³-hybridized carbons (Fsp3) is 0.500. The normalized spacial score (nSPS) is 25.7. The van der Waals surface area contributed by atoms with Crippen molar-refractivity contribution in [3.05, 3.63) is 33.9 Å². The Hall–Kier alpha value is -1.91. The molecule has 0 unspecified atom stereocenters. The summed E-state index contributed by atoms with van der Waals surface area (Å²) in [7, 11) is 0. The number of benzene rings is 1. The van der Waals surface area contributed by atoms with Crippen LogP contribution in [0.25, 0.3) is 0 Å². The first-order chi connectivity index (χ1) is 9.08. The molecule has 19 heavy (non-hydrogen) atoms. The van der Waals surface area contributed by atoms with Gasteiger partial charge in [0.15, 0.2) is 0 Å². The summed E-state index contributed by atoms with van der Waals surface area (Å²) in [6, 6.07) is 5.02. The van der Waals surface area contributed by atoms with Gasteiger partial charge in [-0.2, -0.15) is 0 Å². The maximum absolute atomic E-state index is 12.4. The molecule has 0 radical (unpaired) electrons. The zero-order chi connectivity index (χ0) is 13.6. The van der Waals surface area contributed by atoms with Gasteiger partial charge >= 0.3 is 0 Å². The van der Waals surface area contributed by atoms with E-state index in [4.69, 9.17) is 0 Å². The van der Waals surface area contributed by atoms with Crippen molar-refractivity contribution >= 4 is 17.3 Å². The molecule has 0 N–H and O–H groups in total. The number of rotatable bonds is 2. The van der Waals surface area contributed by atoms with E-state index in [1.165, 1.54) is 6.07 Å². The third kappa shape index (κ3) is 1.89. The molecule has 1 aromatic carbocycles. The van der Waals surface area contributed by atoms with Crippen molar-refractivity contribution in [3.63, 3.8) is 0 Å². The molecule has 3 fully saturated rings. The number of carbonyl (C=O) groups excluding carboxylic acids is 1. The summed E-state index contributed by atoms with van der Waals surface area (Å²) in [5.74, 6) is 0.346. The standard InChI is InChI=1S/C14H16N2O3/c1-9-8-12(16(18)19)6-7-13(9)15-11-4-2-10(3-5-11)14(15)17/h6-8,10-11H,2-5H2,1H3. The van der Waals surface area contributed by atoms with E-state index in [9.17, 15) is 14.9 Å². The van der Waals surface area contributed by atoms with Gasteiger partial charge in [-0.05, 0) is 44.2 Å². The fourth-order valence-electron chi connectivity index (χ4n) is 3.30. The van der Waals surface area contributed by atoms with Crippen LogP contribution in [-0.2, 0) is 4.79 Å². The molecular formula is C14H16N2O3. The molecule has 2 aliphatic heterocycles. The molecule has 3 aliphatic rings.